The molecule has 0 aliphatic heterocycles. The number of hydrogen-bond donors (Lipinski definition) is 3. The Kier molecular flexibility index (Phi) is 47.5. The van der Waals surface area contributed by atoms with Crippen molar-refractivity contribution in [2.75, 3.05) is 19.6 Å². The number of aliphatic hydroxyl groups excluding tert-OH is 1. The minimum absolute atomic E-state index is 0.108. The molecule has 1 atom stereocenters. The predicted octanol–water partition coefficient (Wildman–Crippen LogP) is 18.1. The van der Waals surface area contributed by atoms with Crippen molar-refractivity contribution >= 4 is 11.8 Å². The Hall–Kier alpha value is -1.14. The van der Waals surface area contributed by atoms with Gasteiger partial charge in [-0.25, -0.2) is 0 Å². The van der Waals surface area contributed by atoms with Crippen LogP contribution in [0.25, 0.3) is 0 Å². The molecular weight excluding hydrogens is 823 g/mol. The van der Waals surface area contributed by atoms with Gasteiger partial charge in [0.05, 0.1) is 6.10 Å². The molecule has 0 aromatic rings. The van der Waals surface area contributed by atoms with E-state index in [1.54, 1.807) is 0 Å². The molecule has 1 fully saturated rings. The number of hydrogen-bond acceptors (Lipinski definition) is 4. The van der Waals surface area contributed by atoms with Crippen molar-refractivity contribution in [1.29, 1.82) is 0 Å². The Bertz CT molecular complexity index is 993. The number of amides is 2. The zero-order valence-corrected chi connectivity index (χ0v) is 46.1. The molecule has 67 heavy (non-hydrogen) atoms. The third kappa shape index (κ3) is 41.2. The first kappa shape index (κ1) is 63.9. The number of unbranched alkanes of at least 4 members (excludes halogenated alkanes) is 33. The molecule has 3 N–H and O–H groups in total. The van der Waals surface area contributed by atoms with Gasteiger partial charge < -0.3 is 20.6 Å². The van der Waals surface area contributed by atoms with Crippen molar-refractivity contribution in [3.63, 3.8) is 0 Å². The maximum Gasteiger partial charge on any atom is 0.222 e. The Labute approximate surface area is 420 Å². The lowest BCUT2D eigenvalue weighted by atomic mass is 9.80. The van der Waals surface area contributed by atoms with E-state index in [0.717, 1.165) is 90.3 Å². The van der Waals surface area contributed by atoms with Crippen LogP contribution < -0.4 is 10.6 Å². The lowest BCUT2D eigenvalue weighted by Crippen LogP contribution is -2.39. The van der Waals surface area contributed by atoms with Gasteiger partial charge in [0.25, 0.3) is 0 Å². The van der Waals surface area contributed by atoms with Gasteiger partial charge in [0.15, 0.2) is 0 Å². The average Bonchev–Trinajstić information content (AvgIpc) is 3.33. The summed E-state index contributed by atoms with van der Waals surface area (Å²) in [6.45, 7) is 12.2. The molecule has 2 amide bonds. The highest BCUT2D eigenvalue weighted by atomic mass is 16.3. The van der Waals surface area contributed by atoms with E-state index in [1.807, 2.05) is 0 Å². The van der Waals surface area contributed by atoms with Crippen molar-refractivity contribution in [2.45, 2.75) is 354 Å². The van der Waals surface area contributed by atoms with E-state index in [1.165, 1.54) is 231 Å². The Morgan fingerprint density at radius 3 is 1.24 bits per heavy atom. The number of nitrogens with zero attached hydrogens (tertiary/aromatic N) is 1. The number of carbonyl (C=O) groups is 2. The SMILES string of the molecule is CCCCCCCCCCN(CCCCCCCCCC)C(=O)CCCCCCCNC(CCCCCCC(=O)NC(CCCCCCCCC)CCCCCCCCC)C1CCC(O)CC1. The summed E-state index contributed by atoms with van der Waals surface area (Å²) in [6.07, 6.45) is 59.2. The van der Waals surface area contributed by atoms with Crippen LogP contribution in [0.2, 0.25) is 0 Å². The lowest BCUT2D eigenvalue weighted by molar-refractivity contribution is -0.131. The minimum atomic E-state index is -0.108. The second kappa shape index (κ2) is 49.8. The molecule has 0 radical (unpaired) electrons. The van der Waals surface area contributed by atoms with Crippen molar-refractivity contribution < 1.29 is 14.7 Å². The smallest absolute Gasteiger partial charge is 0.222 e. The molecule has 0 bridgehead atoms. The average molecular weight is 945 g/mol. The summed E-state index contributed by atoms with van der Waals surface area (Å²) in [4.78, 5) is 28.8. The second-order valence-corrected chi connectivity index (χ2v) is 22.0. The summed E-state index contributed by atoms with van der Waals surface area (Å²) in [5, 5.41) is 17.7. The molecule has 1 rings (SSSR count). The number of aliphatic hydroxyl groups is 1. The highest BCUT2D eigenvalue weighted by molar-refractivity contribution is 5.76. The number of rotatable bonds is 52. The van der Waals surface area contributed by atoms with E-state index in [2.05, 4.69) is 43.2 Å². The molecule has 0 spiro atoms. The van der Waals surface area contributed by atoms with Crippen LogP contribution in [0.3, 0.4) is 0 Å². The summed E-state index contributed by atoms with van der Waals surface area (Å²) in [7, 11) is 0. The first-order valence-electron chi connectivity index (χ1n) is 30.9. The van der Waals surface area contributed by atoms with Crippen LogP contribution in [0.15, 0.2) is 0 Å². The minimum Gasteiger partial charge on any atom is -0.393 e. The maximum absolute atomic E-state index is 13.4. The molecule has 0 aromatic heterocycles. The van der Waals surface area contributed by atoms with E-state index in [4.69, 9.17) is 0 Å². The molecule has 6 heteroatoms. The fraction of sp³-hybridized carbons (Fsp3) is 0.967. The van der Waals surface area contributed by atoms with Crippen LogP contribution in [-0.4, -0.2) is 59.6 Å². The molecule has 6 nitrogen and oxygen atoms in total. The van der Waals surface area contributed by atoms with Gasteiger partial charge in [0.2, 0.25) is 11.8 Å². The standard InChI is InChI=1S/C61H121N3O3/c1-5-9-13-17-21-25-34-42-54-64(55-43-35-26-22-18-14-10-6-2)61(67)48-40-30-27-33-41-53-62-59(56-49-51-58(65)52-50-56)46-38-31-32-39-47-60(66)63-57(44-36-28-23-19-15-11-7-3)45-37-29-24-20-16-12-8-4/h56-59,62,65H,5-55H2,1-4H3,(H,63,66). The van der Waals surface area contributed by atoms with E-state index in [-0.39, 0.29) is 12.0 Å². The van der Waals surface area contributed by atoms with E-state index >= 15 is 0 Å². The fourth-order valence-corrected chi connectivity index (χ4v) is 10.9. The summed E-state index contributed by atoms with van der Waals surface area (Å²) >= 11 is 0. The topological polar surface area (TPSA) is 81.7 Å². The van der Waals surface area contributed by atoms with Gasteiger partial charge >= 0.3 is 0 Å². The first-order chi connectivity index (χ1) is 32.9. The van der Waals surface area contributed by atoms with Gasteiger partial charge in [0, 0.05) is 38.0 Å². The molecule has 1 aliphatic carbocycles. The van der Waals surface area contributed by atoms with E-state index in [9.17, 15) is 14.7 Å². The highest BCUT2D eigenvalue weighted by Crippen LogP contribution is 2.29. The molecule has 0 aromatic carbocycles. The summed E-state index contributed by atoms with van der Waals surface area (Å²) in [6, 6.07) is 0.906. The van der Waals surface area contributed by atoms with Crippen molar-refractivity contribution in [3.05, 3.63) is 0 Å². The van der Waals surface area contributed by atoms with Gasteiger partial charge in [-0.3, -0.25) is 9.59 Å². The second-order valence-electron chi connectivity index (χ2n) is 22.0. The molecule has 0 heterocycles. The lowest BCUT2D eigenvalue weighted by Gasteiger charge is -2.33. The van der Waals surface area contributed by atoms with E-state index < -0.39 is 0 Å². The third-order valence-corrected chi connectivity index (χ3v) is 15.5. The van der Waals surface area contributed by atoms with Gasteiger partial charge in [-0.1, -0.05) is 246 Å². The van der Waals surface area contributed by atoms with Gasteiger partial charge in [0.1, 0.15) is 0 Å². The maximum atomic E-state index is 13.4. The quantitative estimate of drug-likeness (QED) is 0.0531. The highest BCUT2D eigenvalue weighted by Gasteiger charge is 2.26. The fourth-order valence-electron chi connectivity index (χ4n) is 10.9. The van der Waals surface area contributed by atoms with Crippen LogP contribution >= 0.6 is 0 Å². The van der Waals surface area contributed by atoms with Crippen LogP contribution in [0.4, 0.5) is 0 Å². The zero-order chi connectivity index (χ0) is 48.5. The van der Waals surface area contributed by atoms with Crippen LogP contribution in [0.1, 0.15) is 336 Å². The van der Waals surface area contributed by atoms with Crippen molar-refractivity contribution in [1.82, 2.24) is 15.5 Å². The normalized spacial score (nSPS) is 15.7. The molecule has 398 valence electrons. The molecule has 1 saturated carbocycles. The Balaban J connectivity index is 2.41. The van der Waals surface area contributed by atoms with Gasteiger partial charge in [-0.2, -0.15) is 0 Å². The van der Waals surface area contributed by atoms with E-state index in [0.29, 0.717) is 30.3 Å². The van der Waals surface area contributed by atoms with Crippen LogP contribution in [0, 0.1) is 5.92 Å². The largest absolute Gasteiger partial charge is 0.393 e. The van der Waals surface area contributed by atoms with Gasteiger partial charge in [-0.15, -0.1) is 0 Å². The summed E-state index contributed by atoms with van der Waals surface area (Å²) in [5.41, 5.74) is 0. The third-order valence-electron chi connectivity index (χ3n) is 15.5. The van der Waals surface area contributed by atoms with Crippen LogP contribution in [-0.2, 0) is 9.59 Å². The van der Waals surface area contributed by atoms with Crippen molar-refractivity contribution in [2.24, 2.45) is 5.92 Å². The summed E-state index contributed by atoms with van der Waals surface area (Å²) in [5.74, 6) is 1.37. The molecular formula is C61H121N3O3. The number of carbonyl (C=O) groups excluding carboxylic acids is 2. The Morgan fingerprint density at radius 1 is 0.433 bits per heavy atom. The molecule has 0 saturated heterocycles. The first-order valence-corrected chi connectivity index (χ1v) is 30.9. The van der Waals surface area contributed by atoms with Crippen molar-refractivity contribution in [3.8, 4) is 0 Å². The molecule has 1 unspecified atom stereocenters. The predicted molar refractivity (Wildman–Crippen MR) is 294 cm³/mol. The monoisotopic (exact) mass is 944 g/mol. The molecule has 1 aliphatic rings. The Morgan fingerprint density at radius 2 is 0.791 bits per heavy atom. The van der Waals surface area contributed by atoms with Gasteiger partial charge in [-0.05, 0) is 89.5 Å². The zero-order valence-electron chi connectivity index (χ0n) is 46.1. The van der Waals surface area contributed by atoms with Crippen LogP contribution in [0.5, 0.6) is 0 Å². The number of nitrogens with one attached hydrogen (secondary N) is 2. The summed E-state index contributed by atoms with van der Waals surface area (Å²) < 4.78 is 0.